The maximum Gasteiger partial charge on any atom is 0.323 e. The lowest BCUT2D eigenvalue weighted by atomic mass is 9.83. The Labute approximate surface area is 106 Å². The molecular weight excluding hydrogens is 238 g/mol. The van der Waals surface area contributed by atoms with Gasteiger partial charge in [-0.05, 0) is 42.9 Å². The number of aliphatic carboxylic acids is 1. The normalized spacial score (nSPS) is 28.2. The van der Waals surface area contributed by atoms with E-state index >= 15 is 0 Å². The van der Waals surface area contributed by atoms with Crippen molar-refractivity contribution >= 4 is 17.6 Å². The molecule has 4 heteroatoms. The summed E-state index contributed by atoms with van der Waals surface area (Å²) in [7, 11) is 0. The van der Waals surface area contributed by atoms with Gasteiger partial charge in [0.1, 0.15) is 5.54 Å². The van der Waals surface area contributed by atoms with Crippen molar-refractivity contribution in [1.82, 2.24) is 0 Å². The topological polar surface area (TPSA) is 63.3 Å². The summed E-state index contributed by atoms with van der Waals surface area (Å²) in [5, 5.41) is 9.91. The molecule has 17 heavy (non-hydrogen) atoms. The third kappa shape index (κ3) is 2.45. The van der Waals surface area contributed by atoms with Crippen LogP contribution < -0.4 is 5.73 Å². The Bertz CT molecular complexity index is 418. The Morgan fingerprint density at radius 3 is 2.71 bits per heavy atom. The first kappa shape index (κ1) is 12.4. The summed E-state index contributed by atoms with van der Waals surface area (Å²) in [5.74, 6) is -0.866. The second kappa shape index (κ2) is 4.67. The molecule has 0 aliphatic heterocycles. The van der Waals surface area contributed by atoms with E-state index in [1.165, 1.54) is 0 Å². The highest BCUT2D eigenvalue weighted by Crippen LogP contribution is 2.36. The minimum Gasteiger partial charge on any atom is -0.480 e. The van der Waals surface area contributed by atoms with Gasteiger partial charge in [0.15, 0.2) is 0 Å². The molecule has 0 aromatic heterocycles. The first-order chi connectivity index (χ1) is 8.02. The van der Waals surface area contributed by atoms with Crippen LogP contribution in [0.2, 0.25) is 5.02 Å². The summed E-state index contributed by atoms with van der Waals surface area (Å²) in [4.78, 5) is 11.2. The van der Waals surface area contributed by atoms with E-state index in [-0.39, 0.29) is 5.92 Å². The fourth-order valence-corrected chi connectivity index (χ4v) is 2.70. The Balaban J connectivity index is 2.13. The van der Waals surface area contributed by atoms with Gasteiger partial charge in [0, 0.05) is 5.02 Å². The molecule has 92 valence electrons. The molecule has 1 aliphatic rings. The molecule has 1 saturated carbocycles. The van der Waals surface area contributed by atoms with Gasteiger partial charge in [-0.3, -0.25) is 4.79 Å². The monoisotopic (exact) mass is 253 g/mol. The van der Waals surface area contributed by atoms with Gasteiger partial charge in [-0.15, -0.1) is 0 Å². The van der Waals surface area contributed by atoms with Crippen LogP contribution in [0.1, 0.15) is 24.8 Å². The SMILES string of the molecule is N[C@]1(C(=O)O)CCC[C@@H]1Cc1ccc(Cl)cc1. The zero-order valence-electron chi connectivity index (χ0n) is 9.53. The van der Waals surface area contributed by atoms with E-state index < -0.39 is 11.5 Å². The Kier molecular flexibility index (Phi) is 3.40. The fraction of sp³-hybridized carbons (Fsp3) is 0.462. The molecule has 2 rings (SSSR count). The van der Waals surface area contributed by atoms with Gasteiger partial charge in [0.05, 0.1) is 0 Å². The maximum atomic E-state index is 11.2. The van der Waals surface area contributed by atoms with E-state index in [0.717, 1.165) is 18.4 Å². The van der Waals surface area contributed by atoms with Gasteiger partial charge >= 0.3 is 5.97 Å². The quantitative estimate of drug-likeness (QED) is 0.870. The van der Waals surface area contributed by atoms with Crippen molar-refractivity contribution in [1.29, 1.82) is 0 Å². The van der Waals surface area contributed by atoms with Gasteiger partial charge < -0.3 is 10.8 Å². The van der Waals surface area contributed by atoms with Crippen molar-refractivity contribution in [2.75, 3.05) is 0 Å². The fourth-order valence-electron chi connectivity index (χ4n) is 2.57. The van der Waals surface area contributed by atoms with Crippen LogP contribution in [0.25, 0.3) is 0 Å². The van der Waals surface area contributed by atoms with Crippen LogP contribution in [0.4, 0.5) is 0 Å². The lowest BCUT2D eigenvalue weighted by Crippen LogP contribution is -2.51. The van der Waals surface area contributed by atoms with Crippen LogP contribution >= 0.6 is 11.6 Å². The highest BCUT2D eigenvalue weighted by molar-refractivity contribution is 6.30. The van der Waals surface area contributed by atoms with Crippen LogP contribution in [0.5, 0.6) is 0 Å². The van der Waals surface area contributed by atoms with Crippen molar-refractivity contribution in [3.63, 3.8) is 0 Å². The molecule has 0 bridgehead atoms. The molecule has 1 aromatic rings. The molecule has 0 saturated heterocycles. The van der Waals surface area contributed by atoms with Gasteiger partial charge in [-0.2, -0.15) is 0 Å². The lowest BCUT2D eigenvalue weighted by molar-refractivity contribution is -0.144. The summed E-state index contributed by atoms with van der Waals surface area (Å²) < 4.78 is 0. The van der Waals surface area contributed by atoms with Crippen molar-refractivity contribution in [2.45, 2.75) is 31.2 Å². The summed E-state index contributed by atoms with van der Waals surface area (Å²) in [6.45, 7) is 0. The molecule has 1 aliphatic carbocycles. The van der Waals surface area contributed by atoms with E-state index in [0.29, 0.717) is 17.9 Å². The zero-order chi connectivity index (χ0) is 12.5. The molecule has 0 unspecified atom stereocenters. The molecule has 1 aromatic carbocycles. The van der Waals surface area contributed by atoms with E-state index in [2.05, 4.69) is 0 Å². The highest BCUT2D eigenvalue weighted by Gasteiger charge is 2.45. The van der Waals surface area contributed by atoms with E-state index in [1.54, 1.807) is 0 Å². The van der Waals surface area contributed by atoms with Crippen molar-refractivity contribution in [3.05, 3.63) is 34.9 Å². The second-order valence-electron chi connectivity index (χ2n) is 4.77. The molecule has 2 atom stereocenters. The van der Waals surface area contributed by atoms with Gasteiger partial charge in [0.25, 0.3) is 0 Å². The van der Waals surface area contributed by atoms with Gasteiger partial charge in [0.2, 0.25) is 0 Å². The van der Waals surface area contributed by atoms with Crippen molar-refractivity contribution in [2.24, 2.45) is 11.7 Å². The van der Waals surface area contributed by atoms with Gasteiger partial charge in [-0.25, -0.2) is 0 Å². The predicted molar refractivity (Wildman–Crippen MR) is 67.1 cm³/mol. The smallest absolute Gasteiger partial charge is 0.323 e. The van der Waals surface area contributed by atoms with E-state index in [4.69, 9.17) is 17.3 Å². The molecule has 0 amide bonds. The molecular formula is C13H16ClNO2. The highest BCUT2D eigenvalue weighted by atomic mass is 35.5. The van der Waals surface area contributed by atoms with Crippen LogP contribution in [0.3, 0.4) is 0 Å². The molecule has 3 N–H and O–H groups in total. The first-order valence-electron chi connectivity index (χ1n) is 5.79. The Morgan fingerprint density at radius 1 is 1.47 bits per heavy atom. The summed E-state index contributed by atoms with van der Waals surface area (Å²) >= 11 is 5.82. The van der Waals surface area contributed by atoms with E-state index in [1.807, 2.05) is 24.3 Å². The minimum atomic E-state index is -1.06. The van der Waals surface area contributed by atoms with E-state index in [9.17, 15) is 9.90 Å². The number of hydrogen-bond donors (Lipinski definition) is 2. The summed E-state index contributed by atoms with van der Waals surface area (Å²) in [5.41, 5.74) is 6.04. The Morgan fingerprint density at radius 2 is 2.12 bits per heavy atom. The summed E-state index contributed by atoms with van der Waals surface area (Å²) in [6, 6.07) is 7.52. The Hall–Kier alpha value is -1.06. The number of rotatable bonds is 3. The number of halogens is 1. The minimum absolute atomic E-state index is 0.0150. The largest absolute Gasteiger partial charge is 0.480 e. The third-order valence-electron chi connectivity index (χ3n) is 3.67. The van der Waals surface area contributed by atoms with Crippen LogP contribution in [0, 0.1) is 5.92 Å². The maximum absolute atomic E-state index is 11.2. The number of carboxylic acids is 1. The predicted octanol–water partition coefficient (Wildman–Crippen LogP) is 2.46. The number of benzene rings is 1. The van der Waals surface area contributed by atoms with Crippen LogP contribution in [-0.2, 0) is 11.2 Å². The molecule has 0 radical (unpaired) electrons. The van der Waals surface area contributed by atoms with Crippen molar-refractivity contribution < 1.29 is 9.90 Å². The molecule has 0 heterocycles. The van der Waals surface area contributed by atoms with Gasteiger partial charge in [-0.1, -0.05) is 30.2 Å². The molecule has 1 fully saturated rings. The number of hydrogen-bond acceptors (Lipinski definition) is 2. The lowest BCUT2D eigenvalue weighted by Gasteiger charge is -2.26. The third-order valence-corrected chi connectivity index (χ3v) is 3.92. The van der Waals surface area contributed by atoms with Crippen molar-refractivity contribution in [3.8, 4) is 0 Å². The molecule has 3 nitrogen and oxygen atoms in total. The van der Waals surface area contributed by atoms with Crippen LogP contribution in [0.15, 0.2) is 24.3 Å². The second-order valence-corrected chi connectivity index (χ2v) is 5.20. The molecule has 0 spiro atoms. The standard InChI is InChI=1S/C13H16ClNO2/c14-11-5-3-9(4-6-11)8-10-2-1-7-13(10,15)12(16)17/h3-6,10H,1-2,7-8,15H2,(H,16,17)/t10-,13-/m1/s1. The zero-order valence-corrected chi connectivity index (χ0v) is 10.3. The average Bonchev–Trinajstić information content (AvgIpc) is 2.65. The number of nitrogens with two attached hydrogens (primary N) is 1. The summed E-state index contributed by atoms with van der Waals surface area (Å²) in [6.07, 6.45) is 3.05. The van der Waals surface area contributed by atoms with Crippen LogP contribution in [-0.4, -0.2) is 16.6 Å². The number of carboxylic acid groups (broad SMARTS) is 1. The number of carbonyl (C=O) groups is 1. The first-order valence-corrected chi connectivity index (χ1v) is 6.17. The average molecular weight is 254 g/mol.